The molecular weight excluding hydrogens is 448 g/mol. The van der Waals surface area contributed by atoms with E-state index >= 15 is 0 Å². The summed E-state index contributed by atoms with van der Waals surface area (Å²) in [6.07, 6.45) is 0. The molecule has 0 fully saturated rings. The first-order valence-corrected chi connectivity index (χ1v) is 9.00. The Morgan fingerprint density at radius 1 is 1.35 bits per heavy atom. The van der Waals surface area contributed by atoms with E-state index in [1.54, 1.807) is 17.6 Å². The molecule has 0 aliphatic heterocycles. The fraction of sp³-hybridized carbons (Fsp3) is 0. The van der Waals surface area contributed by atoms with Crippen LogP contribution in [-0.4, -0.2) is 10.9 Å². The lowest BCUT2D eigenvalue weighted by Crippen LogP contribution is -2.12. The minimum Gasteiger partial charge on any atom is -0.319 e. The zero-order valence-electron chi connectivity index (χ0n) is 9.62. The van der Waals surface area contributed by atoms with E-state index in [0.717, 1.165) is 12.3 Å². The highest BCUT2D eigenvalue weighted by atomic mass is 79.9. The second-order valence-electron chi connectivity index (χ2n) is 3.81. The van der Waals surface area contributed by atoms with Gasteiger partial charge in [0.25, 0.3) is 5.91 Å². The van der Waals surface area contributed by atoms with Crippen LogP contribution in [0.3, 0.4) is 0 Å². The van der Waals surface area contributed by atoms with Crippen molar-refractivity contribution in [1.29, 1.82) is 0 Å². The molecule has 0 aliphatic carbocycles. The Labute approximate surface area is 144 Å². The number of hydrogen-bond donors (Lipinski definition) is 1. The summed E-state index contributed by atoms with van der Waals surface area (Å²) in [7, 11) is 0. The van der Waals surface area contributed by atoms with Crippen LogP contribution in [0.25, 0.3) is 10.2 Å². The summed E-state index contributed by atoms with van der Waals surface area (Å²) in [5, 5.41) is 3.31. The predicted molar refractivity (Wildman–Crippen MR) is 92.3 cm³/mol. The minimum absolute atomic E-state index is 0.221. The van der Waals surface area contributed by atoms with Crippen LogP contribution in [0.2, 0.25) is 5.02 Å². The molecule has 1 amide bonds. The number of carbonyl (C=O) groups excluding carboxylic acids is 1. The highest BCUT2D eigenvalue weighted by Gasteiger charge is 2.17. The molecular formula is C12H5Br2ClN2OS2. The number of halogens is 3. The van der Waals surface area contributed by atoms with Gasteiger partial charge in [-0.1, -0.05) is 11.6 Å². The number of nitrogens with one attached hydrogen (secondary N) is 1. The molecule has 0 bridgehead atoms. The number of anilines is 1. The molecule has 0 saturated carbocycles. The fourth-order valence-corrected chi connectivity index (χ4v) is 5.38. The average Bonchev–Trinajstić information content (AvgIpc) is 2.99. The van der Waals surface area contributed by atoms with Gasteiger partial charge in [-0.25, -0.2) is 4.98 Å². The van der Waals surface area contributed by atoms with Crippen LogP contribution in [0.1, 0.15) is 10.4 Å². The second-order valence-corrected chi connectivity index (χ2v) is 8.86. The predicted octanol–water partition coefficient (Wildman–Crippen LogP) is 5.79. The number of thiophene rings is 1. The molecule has 2 heterocycles. The maximum absolute atomic E-state index is 12.3. The van der Waals surface area contributed by atoms with Crippen molar-refractivity contribution >= 4 is 87.9 Å². The number of thiazole rings is 1. The summed E-state index contributed by atoms with van der Waals surface area (Å²) in [5.41, 5.74) is 3.55. The van der Waals surface area contributed by atoms with Gasteiger partial charge in [0.1, 0.15) is 5.52 Å². The van der Waals surface area contributed by atoms with Crippen molar-refractivity contribution in [1.82, 2.24) is 4.98 Å². The van der Waals surface area contributed by atoms with Gasteiger partial charge in [-0.15, -0.1) is 22.7 Å². The first-order chi connectivity index (χ1) is 9.56. The molecule has 102 valence electrons. The van der Waals surface area contributed by atoms with Crippen molar-refractivity contribution < 1.29 is 4.79 Å². The van der Waals surface area contributed by atoms with Crippen molar-refractivity contribution in [2.45, 2.75) is 0 Å². The van der Waals surface area contributed by atoms with Gasteiger partial charge in [-0.05, 0) is 50.1 Å². The number of fused-ring (bicyclic) bond motifs is 1. The number of amides is 1. The summed E-state index contributed by atoms with van der Waals surface area (Å²) in [6, 6.07) is 5.41. The zero-order chi connectivity index (χ0) is 14.3. The van der Waals surface area contributed by atoms with E-state index in [4.69, 9.17) is 11.6 Å². The normalized spacial score (nSPS) is 10.9. The summed E-state index contributed by atoms with van der Waals surface area (Å²) in [6.45, 7) is 0. The van der Waals surface area contributed by atoms with E-state index in [0.29, 0.717) is 21.8 Å². The van der Waals surface area contributed by atoms with E-state index in [9.17, 15) is 4.79 Å². The molecule has 20 heavy (non-hydrogen) atoms. The van der Waals surface area contributed by atoms with Gasteiger partial charge in [0.2, 0.25) is 0 Å². The molecule has 0 saturated heterocycles. The maximum Gasteiger partial charge on any atom is 0.257 e. The minimum atomic E-state index is -0.221. The molecule has 3 aromatic rings. The number of aromatic nitrogens is 1. The molecule has 0 atom stereocenters. The van der Waals surface area contributed by atoms with Gasteiger partial charge in [-0.3, -0.25) is 4.79 Å². The number of carbonyl (C=O) groups is 1. The number of rotatable bonds is 2. The van der Waals surface area contributed by atoms with Gasteiger partial charge in [0.15, 0.2) is 0 Å². The van der Waals surface area contributed by atoms with Crippen molar-refractivity contribution in [3.8, 4) is 0 Å². The zero-order valence-corrected chi connectivity index (χ0v) is 15.2. The highest BCUT2D eigenvalue weighted by Crippen LogP contribution is 2.35. The van der Waals surface area contributed by atoms with Crippen LogP contribution in [-0.2, 0) is 0 Å². The van der Waals surface area contributed by atoms with Crippen LogP contribution in [0, 0.1) is 0 Å². The Balaban J connectivity index is 2.01. The molecule has 0 aliphatic rings. The van der Waals surface area contributed by atoms with Crippen molar-refractivity contribution in [2.75, 3.05) is 5.32 Å². The standard InChI is InChI=1S/C12H5Br2ClN2OS2/c13-8-3-5(11(14)20-8)12(18)17-9-6(15)1-2-7-10(9)16-4-19-7/h1-4H,(H,17,18). The van der Waals surface area contributed by atoms with Crippen LogP contribution in [0.4, 0.5) is 5.69 Å². The summed E-state index contributed by atoms with van der Waals surface area (Å²) < 4.78 is 2.63. The quantitative estimate of drug-likeness (QED) is 0.535. The third-order valence-electron chi connectivity index (χ3n) is 2.59. The van der Waals surface area contributed by atoms with E-state index in [-0.39, 0.29) is 5.91 Å². The molecule has 1 aromatic carbocycles. The van der Waals surface area contributed by atoms with Crippen molar-refractivity contribution in [3.05, 3.63) is 41.9 Å². The van der Waals surface area contributed by atoms with Gasteiger partial charge < -0.3 is 5.32 Å². The van der Waals surface area contributed by atoms with Crippen molar-refractivity contribution in [2.24, 2.45) is 0 Å². The average molecular weight is 453 g/mol. The van der Waals surface area contributed by atoms with Gasteiger partial charge in [0.05, 0.1) is 34.1 Å². The molecule has 0 radical (unpaired) electrons. The molecule has 3 rings (SSSR count). The van der Waals surface area contributed by atoms with E-state index in [2.05, 4.69) is 42.2 Å². The lowest BCUT2D eigenvalue weighted by atomic mass is 10.2. The van der Waals surface area contributed by atoms with Crippen LogP contribution in [0.15, 0.2) is 31.3 Å². The first kappa shape index (κ1) is 14.5. The van der Waals surface area contributed by atoms with E-state index in [1.165, 1.54) is 22.7 Å². The molecule has 3 nitrogen and oxygen atoms in total. The molecule has 0 unspecified atom stereocenters. The van der Waals surface area contributed by atoms with Crippen LogP contribution < -0.4 is 5.32 Å². The fourth-order valence-electron chi connectivity index (χ4n) is 1.70. The Bertz CT molecular complexity index is 815. The summed E-state index contributed by atoms with van der Waals surface area (Å²) in [4.78, 5) is 16.6. The SMILES string of the molecule is O=C(Nc1c(Cl)ccc2scnc12)c1cc(Br)sc1Br. The van der Waals surface area contributed by atoms with Gasteiger partial charge >= 0.3 is 0 Å². The number of hydrogen-bond acceptors (Lipinski definition) is 4. The molecule has 1 N–H and O–H groups in total. The largest absolute Gasteiger partial charge is 0.319 e. The number of nitrogens with zero attached hydrogens (tertiary/aromatic N) is 1. The van der Waals surface area contributed by atoms with Gasteiger partial charge in [0, 0.05) is 0 Å². The topological polar surface area (TPSA) is 42.0 Å². The molecule has 8 heteroatoms. The monoisotopic (exact) mass is 450 g/mol. The van der Waals surface area contributed by atoms with E-state index < -0.39 is 0 Å². The number of benzene rings is 1. The second kappa shape index (κ2) is 5.73. The molecule has 2 aromatic heterocycles. The Morgan fingerprint density at radius 2 is 2.15 bits per heavy atom. The van der Waals surface area contributed by atoms with Crippen molar-refractivity contribution in [3.63, 3.8) is 0 Å². The Hall–Kier alpha value is -0.470. The van der Waals surface area contributed by atoms with Gasteiger partial charge in [-0.2, -0.15) is 0 Å². The third kappa shape index (κ3) is 2.65. The Kier molecular flexibility index (Phi) is 4.14. The van der Waals surface area contributed by atoms with E-state index in [1.807, 2.05) is 6.07 Å². The third-order valence-corrected chi connectivity index (χ3v) is 6.04. The lowest BCUT2D eigenvalue weighted by Gasteiger charge is -2.07. The van der Waals surface area contributed by atoms with Crippen LogP contribution >= 0.6 is 66.1 Å². The highest BCUT2D eigenvalue weighted by molar-refractivity contribution is 9.12. The maximum atomic E-state index is 12.3. The van der Waals surface area contributed by atoms with Crippen LogP contribution in [0.5, 0.6) is 0 Å². The Morgan fingerprint density at radius 3 is 2.85 bits per heavy atom. The summed E-state index contributed by atoms with van der Waals surface area (Å²) in [5.74, 6) is -0.221. The smallest absolute Gasteiger partial charge is 0.257 e. The first-order valence-electron chi connectivity index (χ1n) is 5.34. The lowest BCUT2D eigenvalue weighted by molar-refractivity contribution is 0.102. The summed E-state index contributed by atoms with van der Waals surface area (Å²) >= 11 is 15.8. The molecule has 0 spiro atoms.